The van der Waals surface area contributed by atoms with Gasteiger partial charge >= 0.3 is 6.03 Å². The van der Waals surface area contributed by atoms with Crippen molar-refractivity contribution in [2.75, 3.05) is 5.32 Å². The fourth-order valence-electron chi connectivity index (χ4n) is 1.97. The summed E-state index contributed by atoms with van der Waals surface area (Å²) in [7, 11) is 0. The maximum absolute atomic E-state index is 12.0. The van der Waals surface area contributed by atoms with Gasteiger partial charge in [0, 0.05) is 5.69 Å². The van der Waals surface area contributed by atoms with E-state index in [-0.39, 0.29) is 22.4 Å². The molecule has 2 amide bonds. The zero-order valence-corrected chi connectivity index (χ0v) is 12.9. The van der Waals surface area contributed by atoms with Crippen LogP contribution in [0.2, 0.25) is 10.3 Å². The van der Waals surface area contributed by atoms with Crippen molar-refractivity contribution >= 4 is 34.9 Å². The van der Waals surface area contributed by atoms with Crippen LogP contribution in [0.15, 0.2) is 42.5 Å². The number of urea groups is 1. The van der Waals surface area contributed by atoms with E-state index in [0.29, 0.717) is 5.69 Å². The topological polar surface area (TPSA) is 54.0 Å². The minimum Gasteiger partial charge on any atom is -0.331 e. The van der Waals surface area contributed by atoms with Crippen LogP contribution in [0, 0.1) is 0 Å². The SMILES string of the molecule is CCC(NC(=O)Nc1cc(Cl)nc(Cl)c1)c1ccccc1. The van der Waals surface area contributed by atoms with Crippen LogP contribution in [0.1, 0.15) is 24.9 Å². The van der Waals surface area contributed by atoms with E-state index in [9.17, 15) is 4.79 Å². The Kier molecular flexibility index (Phi) is 5.42. The molecule has 4 nitrogen and oxygen atoms in total. The number of hydrogen-bond acceptors (Lipinski definition) is 2. The molecule has 1 atom stereocenters. The summed E-state index contributed by atoms with van der Waals surface area (Å²) in [6.07, 6.45) is 0.787. The van der Waals surface area contributed by atoms with Crippen molar-refractivity contribution in [3.63, 3.8) is 0 Å². The van der Waals surface area contributed by atoms with Crippen molar-refractivity contribution in [2.45, 2.75) is 19.4 Å². The van der Waals surface area contributed by atoms with Crippen LogP contribution >= 0.6 is 23.2 Å². The van der Waals surface area contributed by atoms with Gasteiger partial charge in [-0.15, -0.1) is 0 Å². The number of anilines is 1. The molecule has 0 radical (unpaired) electrons. The molecule has 0 bridgehead atoms. The second-order valence-electron chi connectivity index (χ2n) is 4.47. The van der Waals surface area contributed by atoms with Gasteiger partial charge in [-0.1, -0.05) is 60.5 Å². The number of nitrogens with one attached hydrogen (secondary N) is 2. The molecule has 0 aliphatic rings. The Hall–Kier alpha value is -1.78. The Labute approximate surface area is 133 Å². The summed E-state index contributed by atoms with van der Waals surface area (Å²) >= 11 is 11.6. The summed E-state index contributed by atoms with van der Waals surface area (Å²) in [4.78, 5) is 15.9. The van der Waals surface area contributed by atoms with Crippen LogP contribution < -0.4 is 10.6 Å². The summed E-state index contributed by atoms with van der Waals surface area (Å²) in [5.74, 6) is 0. The second kappa shape index (κ2) is 7.29. The zero-order chi connectivity index (χ0) is 15.2. The van der Waals surface area contributed by atoms with Gasteiger partial charge in [0.25, 0.3) is 0 Å². The first-order valence-electron chi connectivity index (χ1n) is 6.54. The lowest BCUT2D eigenvalue weighted by molar-refractivity contribution is 0.248. The third-order valence-corrected chi connectivity index (χ3v) is 3.32. The fourth-order valence-corrected chi connectivity index (χ4v) is 2.43. The van der Waals surface area contributed by atoms with Gasteiger partial charge in [0.05, 0.1) is 6.04 Å². The number of carbonyl (C=O) groups is 1. The highest BCUT2D eigenvalue weighted by Gasteiger charge is 2.12. The molecule has 1 unspecified atom stereocenters. The van der Waals surface area contributed by atoms with Crippen molar-refractivity contribution in [3.05, 3.63) is 58.3 Å². The first-order valence-corrected chi connectivity index (χ1v) is 7.29. The van der Waals surface area contributed by atoms with Crippen LogP contribution in [-0.4, -0.2) is 11.0 Å². The van der Waals surface area contributed by atoms with E-state index in [0.717, 1.165) is 12.0 Å². The Balaban J connectivity index is 2.03. The number of benzene rings is 1. The van der Waals surface area contributed by atoms with E-state index in [2.05, 4.69) is 15.6 Å². The van der Waals surface area contributed by atoms with Gasteiger partial charge in [-0.25, -0.2) is 9.78 Å². The molecule has 6 heteroatoms. The fraction of sp³-hybridized carbons (Fsp3) is 0.200. The smallest absolute Gasteiger partial charge is 0.319 e. The molecule has 1 aromatic carbocycles. The van der Waals surface area contributed by atoms with E-state index < -0.39 is 0 Å². The Morgan fingerprint density at radius 3 is 2.38 bits per heavy atom. The van der Waals surface area contributed by atoms with Crippen LogP contribution in [0.5, 0.6) is 0 Å². The molecular weight excluding hydrogens is 309 g/mol. The Morgan fingerprint density at radius 1 is 1.19 bits per heavy atom. The van der Waals surface area contributed by atoms with Gasteiger partial charge in [0.1, 0.15) is 10.3 Å². The Bertz CT molecular complexity index is 599. The molecule has 0 spiro atoms. The molecule has 2 N–H and O–H groups in total. The summed E-state index contributed by atoms with van der Waals surface area (Å²) in [6, 6.07) is 12.5. The molecule has 110 valence electrons. The summed E-state index contributed by atoms with van der Waals surface area (Å²) in [5, 5.41) is 6.07. The molecule has 2 rings (SSSR count). The maximum atomic E-state index is 12.0. The normalized spacial score (nSPS) is 11.8. The van der Waals surface area contributed by atoms with E-state index in [4.69, 9.17) is 23.2 Å². The van der Waals surface area contributed by atoms with Crippen LogP contribution in [0.25, 0.3) is 0 Å². The molecule has 0 saturated heterocycles. The zero-order valence-electron chi connectivity index (χ0n) is 11.4. The van der Waals surface area contributed by atoms with Crippen LogP contribution in [0.4, 0.5) is 10.5 Å². The predicted octanol–water partition coefficient (Wildman–Crippen LogP) is 4.66. The molecule has 0 fully saturated rings. The summed E-state index contributed by atoms with van der Waals surface area (Å²) in [6.45, 7) is 2.01. The average molecular weight is 324 g/mol. The molecule has 21 heavy (non-hydrogen) atoms. The highest BCUT2D eigenvalue weighted by molar-refractivity contribution is 6.32. The molecular formula is C15H15Cl2N3O. The highest BCUT2D eigenvalue weighted by atomic mass is 35.5. The molecule has 2 aromatic rings. The monoisotopic (exact) mass is 323 g/mol. The second-order valence-corrected chi connectivity index (χ2v) is 5.25. The van der Waals surface area contributed by atoms with Gasteiger partial charge in [-0.2, -0.15) is 0 Å². The van der Waals surface area contributed by atoms with Crippen molar-refractivity contribution in [1.29, 1.82) is 0 Å². The van der Waals surface area contributed by atoms with Crippen molar-refractivity contribution < 1.29 is 4.79 Å². The maximum Gasteiger partial charge on any atom is 0.319 e. The van der Waals surface area contributed by atoms with E-state index in [1.54, 1.807) is 0 Å². The molecule has 1 heterocycles. The largest absolute Gasteiger partial charge is 0.331 e. The first kappa shape index (κ1) is 15.6. The third kappa shape index (κ3) is 4.62. The van der Waals surface area contributed by atoms with Crippen LogP contribution in [-0.2, 0) is 0 Å². The van der Waals surface area contributed by atoms with E-state index in [1.807, 2.05) is 37.3 Å². The number of aromatic nitrogens is 1. The number of pyridine rings is 1. The van der Waals surface area contributed by atoms with Crippen molar-refractivity contribution in [2.24, 2.45) is 0 Å². The molecule has 0 aliphatic heterocycles. The summed E-state index contributed by atoms with van der Waals surface area (Å²) in [5.41, 5.74) is 1.56. The van der Waals surface area contributed by atoms with E-state index in [1.165, 1.54) is 12.1 Å². The van der Waals surface area contributed by atoms with Crippen LogP contribution in [0.3, 0.4) is 0 Å². The van der Waals surface area contributed by atoms with Gasteiger partial charge in [0.15, 0.2) is 0 Å². The lowest BCUT2D eigenvalue weighted by atomic mass is 10.1. The van der Waals surface area contributed by atoms with Gasteiger partial charge < -0.3 is 10.6 Å². The Morgan fingerprint density at radius 2 is 1.81 bits per heavy atom. The molecule has 0 saturated carbocycles. The van der Waals surface area contributed by atoms with Gasteiger partial charge in [-0.3, -0.25) is 0 Å². The lowest BCUT2D eigenvalue weighted by Crippen LogP contribution is -2.32. The van der Waals surface area contributed by atoms with Crippen molar-refractivity contribution in [1.82, 2.24) is 10.3 Å². The first-order chi connectivity index (χ1) is 10.1. The predicted molar refractivity (Wildman–Crippen MR) is 85.9 cm³/mol. The number of halogens is 2. The summed E-state index contributed by atoms with van der Waals surface area (Å²) < 4.78 is 0. The van der Waals surface area contributed by atoms with Crippen molar-refractivity contribution in [3.8, 4) is 0 Å². The number of nitrogens with zero attached hydrogens (tertiary/aromatic N) is 1. The number of rotatable bonds is 4. The van der Waals surface area contributed by atoms with Gasteiger partial charge in [-0.05, 0) is 24.1 Å². The van der Waals surface area contributed by atoms with Gasteiger partial charge in [0.2, 0.25) is 0 Å². The quantitative estimate of drug-likeness (QED) is 0.804. The van der Waals surface area contributed by atoms with E-state index >= 15 is 0 Å². The minimum absolute atomic E-state index is 0.0565. The standard InChI is InChI=1S/C15H15Cl2N3O/c1-2-12(10-6-4-3-5-7-10)19-15(21)18-11-8-13(16)20-14(17)9-11/h3-9,12H,2H2,1H3,(H2,18,19,20,21). The number of hydrogen-bond donors (Lipinski definition) is 2. The third-order valence-electron chi connectivity index (χ3n) is 2.94. The lowest BCUT2D eigenvalue weighted by Gasteiger charge is -2.18. The average Bonchev–Trinajstić information content (AvgIpc) is 2.44. The number of carbonyl (C=O) groups excluding carboxylic acids is 1. The molecule has 1 aromatic heterocycles. The molecule has 0 aliphatic carbocycles. The minimum atomic E-state index is -0.316. The number of amides is 2. The highest BCUT2D eigenvalue weighted by Crippen LogP contribution is 2.20.